The van der Waals surface area contributed by atoms with Crippen molar-refractivity contribution in [3.05, 3.63) is 96.2 Å². The van der Waals surface area contributed by atoms with Gasteiger partial charge in [0.25, 0.3) is 0 Å². The average Bonchev–Trinajstić information content (AvgIpc) is 3.44. The monoisotopic (exact) mass is 525 g/mol. The molecule has 158 valence electrons. The Kier molecular flexibility index (Phi) is 11.7. The van der Waals surface area contributed by atoms with Crippen LogP contribution in [0.4, 0.5) is 0 Å². The molecule has 1 aliphatic carbocycles. The molecule has 0 saturated carbocycles. The number of halogens is 2. The van der Waals surface area contributed by atoms with E-state index in [-0.39, 0.29) is 51.0 Å². The summed E-state index contributed by atoms with van der Waals surface area (Å²) in [4.78, 5) is 0. The summed E-state index contributed by atoms with van der Waals surface area (Å²) in [6.07, 6.45) is 12.5. The molecule has 4 aromatic rings. The van der Waals surface area contributed by atoms with Gasteiger partial charge in [-0.1, -0.05) is 50.5 Å². The van der Waals surface area contributed by atoms with Crippen LogP contribution in [-0.2, 0) is 26.2 Å². The molecule has 1 aliphatic rings. The zero-order chi connectivity index (χ0) is 19.3. The fraction of sp³-hybridized carbons (Fsp3) is 0.222. The Balaban J connectivity index is 0.000000348. The molecule has 4 heteroatoms. The topological polar surface area (TPSA) is 4.93 Å². The Morgan fingerprint density at radius 1 is 0.968 bits per heavy atom. The molecule has 31 heavy (non-hydrogen) atoms. The first-order chi connectivity index (χ1) is 13.8. The molecular weight excluding hydrogens is 500 g/mol. The molecule has 0 saturated heterocycles. The van der Waals surface area contributed by atoms with Gasteiger partial charge in [0.1, 0.15) is 0 Å². The van der Waals surface area contributed by atoms with Gasteiger partial charge in [0, 0.05) is 11.1 Å². The summed E-state index contributed by atoms with van der Waals surface area (Å²) in [6.45, 7) is 4.39. The SMILES string of the molecule is CCCCC1=[C-]CC=C1.Cc1cc2ccccc2n1-c1cc2ccccc2[cH-]1.[Cl-].[Cl-].[Zr+4]. The van der Waals surface area contributed by atoms with Crippen molar-refractivity contribution >= 4 is 21.7 Å². The Bertz CT molecular complexity index is 1120. The number of aryl methyl sites for hydroxylation is 1. The van der Waals surface area contributed by atoms with Gasteiger partial charge in [-0.15, -0.1) is 47.5 Å². The van der Waals surface area contributed by atoms with E-state index in [0.717, 1.165) is 6.42 Å². The summed E-state index contributed by atoms with van der Waals surface area (Å²) in [7, 11) is 0. The van der Waals surface area contributed by atoms with Crippen molar-refractivity contribution in [3.63, 3.8) is 0 Å². The summed E-state index contributed by atoms with van der Waals surface area (Å²) in [6, 6.07) is 23.8. The zero-order valence-electron chi connectivity index (χ0n) is 18.0. The molecule has 0 amide bonds. The van der Waals surface area contributed by atoms with Crippen molar-refractivity contribution in [1.82, 2.24) is 4.57 Å². The summed E-state index contributed by atoms with van der Waals surface area (Å²) in [5.41, 5.74) is 5.21. The predicted octanol–water partition coefficient (Wildman–Crippen LogP) is 1.68. The molecule has 1 aromatic heterocycles. The fourth-order valence-electron chi connectivity index (χ4n) is 3.89. The molecule has 0 fully saturated rings. The van der Waals surface area contributed by atoms with Gasteiger partial charge in [-0.2, -0.15) is 6.08 Å². The van der Waals surface area contributed by atoms with E-state index in [9.17, 15) is 0 Å². The number of para-hydroxylation sites is 1. The van der Waals surface area contributed by atoms with Gasteiger partial charge in [0.15, 0.2) is 0 Å². The Morgan fingerprint density at radius 2 is 1.68 bits per heavy atom. The van der Waals surface area contributed by atoms with E-state index in [1.807, 2.05) is 0 Å². The first-order valence-corrected chi connectivity index (χ1v) is 10.3. The third-order valence-corrected chi connectivity index (χ3v) is 5.32. The minimum Gasteiger partial charge on any atom is -1.00 e. The normalized spacial score (nSPS) is 11.7. The van der Waals surface area contributed by atoms with Crippen LogP contribution in [0, 0.1) is 13.0 Å². The minimum absolute atomic E-state index is 0. The first-order valence-electron chi connectivity index (χ1n) is 10.3. The second kappa shape index (κ2) is 13.2. The number of hydrogen-bond acceptors (Lipinski definition) is 0. The van der Waals surface area contributed by atoms with E-state index in [1.54, 1.807) is 0 Å². The number of fused-ring (bicyclic) bond motifs is 2. The van der Waals surface area contributed by atoms with Gasteiger partial charge in [-0.05, 0) is 24.7 Å². The second-order valence-corrected chi connectivity index (χ2v) is 7.43. The fourth-order valence-corrected chi connectivity index (χ4v) is 3.89. The van der Waals surface area contributed by atoms with Crippen LogP contribution in [0.15, 0.2) is 84.5 Å². The molecular formula is C27H27Cl2NZr. The van der Waals surface area contributed by atoms with Crippen molar-refractivity contribution < 1.29 is 51.0 Å². The van der Waals surface area contributed by atoms with E-state index >= 15 is 0 Å². The number of allylic oxidation sites excluding steroid dienone is 4. The smallest absolute Gasteiger partial charge is 1.00 e. The van der Waals surface area contributed by atoms with E-state index < -0.39 is 0 Å². The largest absolute Gasteiger partial charge is 4.00 e. The number of aromatic nitrogens is 1. The molecule has 0 radical (unpaired) electrons. The Labute approximate surface area is 217 Å². The minimum atomic E-state index is 0. The van der Waals surface area contributed by atoms with Crippen molar-refractivity contribution in [2.75, 3.05) is 0 Å². The summed E-state index contributed by atoms with van der Waals surface area (Å²) >= 11 is 0. The van der Waals surface area contributed by atoms with Crippen molar-refractivity contribution in [1.29, 1.82) is 0 Å². The molecule has 1 nitrogen and oxygen atoms in total. The van der Waals surface area contributed by atoms with Crippen LogP contribution in [0.1, 0.15) is 38.3 Å². The van der Waals surface area contributed by atoms with Gasteiger partial charge in [0.2, 0.25) is 0 Å². The third-order valence-electron chi connectivity index (χ3n) is 5.32. The van der Waals surface area contributed by atoms with Gasteiger partial charge in [0.05, 0.1) is 5.52 Å². The van der Waals surface area contributed by atoms with E-state index in [0.29, 0.717) is 0 Å². The van der Waals surface area contributed by atoms with Gasteiger partial charge in [-0.25, -0.2) is 11.6 Å². The summed E-state index contributed by atoms with van der Waals surface area (Å²) in [5, 5.41) is 3.90. The zero-order valence-corrected chi connectivity index (χ0v) is 22.0. The first kappa shape index (κ1) is 27.6. The van der Waals surface area contributed by atoms with Crippen LogP contribution in [0.5, 0.6) is 0 Å². The van der Waals surface area contributed by atoms with Crippen molar-refractivity contribution in [3.8, 4) is 5.69 Å². The number of unbranched alkanes of at least 4 members (excludes halogenated alkanes) is 1. The van der Waals surface area contributed by atoms with Gasteiger partial charge >= 0.3 is 26.2 Å². The van der Waals surface area contributed by atoms with E-state index in [2.05, 4.69) is 103 Å². The second-order valence-electron chi connectivity index (χ2n) is 7.43. The van der Waals surface area contributed by atoms with Crippen LogP contribution in [0.3, 0.4) is 0 Å². The molecule has 0 bridgehead atoms. The summed E-state index contributed by atoms with van der Waals surface area (Å²) < 4.78 is 2.33. The van der Waals surface area contributed by atoms with Crippen LogP contribution < -0.4 is 24.8 Å². The van der Waals surface area contributed by atoms with Crippen LogP contribution in [0.2, 0.25) is 0 Å². The maximum Gasteiger partial charge on any atom is 4.00 e. The number of benzene rings is 2. The molecule has 3 aromatic carbocycles. The summed E-state index contributed by atoms with van der Waals surface area (Å²) in [5.74, 6) is 0. The quantitative estimate of drug-likeness (QED) is 0.356. The average molecular weight is 528 g/mol. The molecule has 5 rings (SSSR count). The number of rotatable bonds is 4. The Morgan fingerprint density at radius 3 is 2.35 bits per heavy atom. The maximum atomic E-state index is 3.30. The molecule has 0 aliphatic heterocycles. The van der Waals surface area contributed by atoms with E-state index in [4.69, 9.17) is 0 Å². The predicted molar refractivity (Wildman–Crippen MR) is 121 cm³/mol. The third kappa shape index (κ3) is 6.51. The number of nitrogens with zero attached hydrogens (tertiary/aromatic N) is 1. The Hall–Kier alpha value is -1.47. The van der Waals surface area contributed by atoms with Crippen LogP contribution in [0.25, 0.3) is 27.4 Å². The molecule has 0 spiro atoms. The van der Waals surface area contributed by atoms with Gasteiger partial charge in [-0.3, -0.25) is 6.08 Å². The maximum absolute atomic E-state index is 3.30. The molecule has 0 N–H and O–H groups in total. The van der Waals surface area contributed by atoms with Crippen molar-refractivity contribution in [2.45, 2.75) is 39.5 Å². The molecule has 0 atom stereocenters. The van der Waals surface area contributed by atoms with E-state index in [1.165, 1.54) is 57.9 Å². The van der Waals surface area contributed by atoms with Crippen LogP contribution in [-0.4, -0.2) is 4.57 Å². The molecule has 1 heterocycles. The van der Waals surface area contributed by atoms with Crippen molar-refractivity contribution in [2.24, 2.45) is 0 Å². The van der Waals surface area contributed by atoms with Gasteiger partial charge < -0.3 is 29.4 Å². The number of hydrogen-bond donors (Lipinski definition) is 0. The van der Waals surface area contributed by atoms with Crippen LogP contribution >= 0.6 is 0 Å². The molecule has 0 unspecified atom stereocenters. The standard InChI is InChI=1S/C18H14N.C9H13.2ClH.Zr/c1-13-10-16-8-4-5-9-18(16)19(13)17-11-14-6-2-3-7-15(14)12-17;1-2-3-6-9-7-4-5-8-9;;;/h2-12H,1H3;4,7H,2-3,5-6H2,1H3;2*1H;/q2*-1;;;+4/p-2.